The van der Waals surface area contributed by atoms with E-state index in [0.29, 0.717) is 0 Å². The van der Waals surface area contributed by atoms with Gasteiger partial charge in [-0.25, -0.2) is 0 Å². The lowest BCUT2D eigenvalue weighted by Gasteiger charge is -2.37. The number of rotatable bonds is 4. The molecule has 0 amide bonds. The number of benzene rings is 7. The molecule has 2 aliphatic carbocycles. The van der Waals surface area contributed by atoms with Gasteiger partial charge in [-0.05, 0) is 110 Å². The van der Waals surface area contributed by atoms with Gasteiger partial charge in [0.05, 0.1) is 22.9 Å². The Bertz CT molecular complexity index is 3120. The largest absolute Gasteiger partial charge is 0.387 e. The smallest absolute Gasteiger partial charge is 0.0630 e. The lowest BCUT2D eigenvalue weighted by molar-refractivity contribution is 0.660. The molecule has 1 N–H and O–H groups in total. The van der Waals surface area contributed by atoms with Gasteiger partial charge in [-0.3, -0.25) is 0 Å². The first-order chi connectivity index (χ1) is 29.0. The van der Waals surface area contributed by atoms with Crippen LogP contribution in [0.2, 0.25) is 0 Å². The Morgan fingerprint density at radius 3 is 2.19 bits per heavy atom. The highest BCUT2D eigenvalue weighted by atomic mass is 15.2. The number of para-hydroxylation sites is 3. The van der Waals surface area contributed by atoms with E-state index in [-0.39, 0.29) is 17.4 Å². The van der Waals surface area contributed by atoms with E-state index in [1.807, 2.05) is 6.20 Å². The van der Waals surface area contributed by atoms with E-state index in [9.17, 15) is 0 Å². The Morgan fingerprint density at radius 1 is 0.576 bits per heavy atom. The van der Waals surface area contributed by atoms with Crippen LogP contribution in [0.1, 0.15) is 47.6 Å². The zero-order chi connectivity index (χ0) is 39.2. The van der Waals surface area contributed by atoms with Gasteiger partial charge in [-0.2, -0.15) is 0 Å². The third-order valence-electron chi connectivity index (χ3n) is 13.4. The number of aromatic nitrogens is 1. The number of allylic oxidation sites excluding steroid dienone is 2. The Morgan fingerprint density at radius 2 is 1.29 bits per heavy atom. The zero-order valence-electron chi connectivity index (χ0n) is 33.2. The van der Waals surface area contributed by atoms with Crippen molar-refractivity contribution in [1.29, 1.82) is 0 Å². The summed E-state index contributed by atoms with van der Waals surface area (Å²) in [6.45, 7) is 5.62. The number of hydrogen-bond donors (Lipinski definition) is 1. The molecule has 0 radical (unpaired) electrons. The van der Waals surface area contributed by atoms with Gasteiger partial charge in [0.25, 0.3) is 0 Å². The van der Waals surface area contributed by atoms with Crippen LogP contribution in [0, 0.1) is 0 Å². The van der Waals surface area contributed by atoms with E-state index in [4.69, 9.17) is 0 Å². The molecular weight excluding hydrogens is 715 g/mol. The minimum atomic E-state index is -0.103. The highest BCUT2D eigenvalue weighted by Crippen LogP contribution is 2.54. The van der Waals surface area contributed by atoms with Gasteiger partial charge in [-0.1, -0.05) is 153 Å². The monoisotopic (exact) mass is 757 g/mol. The molecule has 4 aliphatic rings. The third-order valence-corrected chi connectivity index (χ3v) is 13.4. The third kappa shape index (κ3) is 5.07. The highest BCUT2D eigenvalue weighted by molar-refractivity contribution is 6.00. The Labute approximate surface area is 345 Å². The van der Waals surface area contributed by atoms with Crippen LogP contribution in [0.15, 0.2) is 188 Å². The maximum Gasteiger partial charge on any atom is 0.0630 e. The first-order valence-electron chi connectivity index (χ1n) is 20.9. The number of nitrogens with zero attached hydrogens (tertiary/aromatic N) is 2. The van der Waals surface area contributed by atoms with Crippen LogP contribution in [-0.2, 0) is 12.0 Å². The van der Waals surface area contributed by atoms with Gasteiger partial charge in [-0.15, -0.1) is 0 Å². The van der Waals surface area contributed by atoms with Crippen LogP contribution in [0.3, 0.4) is 0 Å². The number of fused-ring (bicyclic) bond motifs is 11. The topological polar surface area (TPSA) is 20.2 Å². The summed E-state index contributed by atoms with van der Waals surface area (Å²) in [6.07, 6.45) is 13.6. The second kappa shape index (κ2) is 13.0. The van der Waals surface area contributed by atoms with E-state index in [1.165, 1.54) is 100 Å². The maximum atomic E-state index is 3.34. The summed E-state index contributed by atoms with van der Waals surface area (Å²) in [5.41, 5.74) is 21.5. The SMILES string of the molecule is CC1(C)c2ccccc2-c2ccc(-n3c4c(c5ccccc53)C3C=CC=CC3N(c3ccccc3-c3cccc(-c5ccc6c(c5)C=CNC6)c3)c3ccccc3-4)cc21. The summed E-state index contributed by atoms with van der Waals surface area (Å²) >= 11 is 0. The molecule has 3 heteroatoms. The molecule has 3 heterocycles. The first kappa shape index (κ1) is 34.0. The van der Waals surface area contributed by atoms with Crippen molar-refractivity contribution < 1.29 is 0 Å². The fourth-order valence-electron chi connectivity index (χ4n) is 10.6. The van der Waals surface area contributed by atoms with Crippen molar-refractivity contribution in [2.75, 3.05) is 4.90 Å². The van der Waals surface area contributed by atoms with Crippen molar-refractivity contribution in [3.63, 3.8) is 0 Å². The summed E-state index contributed by atoms with van der Waals surface area (Å²) in [5, 5.41) is 4.64. The van der Waals surface area contributed by atoms with E-state index in [2.05, 4.69) is 217 Å². The summed E-state index contributed by atoms with van der Waals surface area (Å²) in [4.78, 5) is 2.63. The van der Waals surface area contributed by atoms with E-state index in [1.54, 1.807) is 0 Å². The van der Waals surface area contributed by atoms with Crippen molar-refractivity contribution in [1.82, 2.24) is 9.88 Å². The maximum absolute atomic E-state index is 3.34. The molecule has 3 nitrogen and oxygen atoms in total. The summed E-state index contributed by atoms with van der Waals surface area (Å²) in [6, 6.07) is 59.2. The number of hydrogen-bond acceptors (Lipinski definition) is 2. The normalized spacial score (nSPS) is 17.6. The van der Waals surface area contributed by atoms with E-state index < -0.39 is 0 Å². The Kier molecular flexibility index (Phi) is 7.46. The molecule has 0 saturated heterocycles. The average Bonchev–Trinajstić information content (AvgIpc) is 3.70. The van der Waals surface area contributed by atoms with Crippen molar-refractivity contribution in [2.45, 2.75) is 37.8 Å². The van der Waals surface area contributed by atoms with Crippen molar-refractivity contribution in [2.24, 2.45) is 0 Å². The van der Waals surface area contributed by atoms with Gasteiger partial charge >= 0.3 is 0 Å². The predicted octanol–water partition coefficient (Wildman–Crippen LogP) is 13.7. The minimum absolute atomic E-state index is 0.0421. The van der Waals surface area contributed by atoms with Crippen LogP contribution >= 0.6 is 0 Å². The molecule has 0 saturated carbocycles. The van der Waals surface area contributed by atoms with Crippen LogP contribution < -0.4 is 10.2 Å². The molecule has 282 valence electrons. The second-order valence-electron chi connectivity index (χ2n) is 16.9. The molecule has 0 spiro atoms. The second-order valence-corrected chi connectivity index (χ2v) is 16.9. The van der Waals surface area contributed by atoms with Gasteiger partial charge in [0.15, 0.2) is 0 Å². The number of nitrogens with one attached hydrogen (secondary N) is 1. The standard InChI is InChI=1S/C56H43N3/c1-56(2)48-21-8-3-17-43(48)44-29-28-41(34-49(44)56)58-51-23-10-5-18-45(51)54-46-19-6-11-24-52(46)59(53-25-12-7-20-47(53)55(54)58)50-22-9-4-16-42(50)39-15-13-14-36(33-39)37-26-27-40-35-57-31-30-38(40)32-37/h3-34,46,52,57H,35H2,1-2H3. The van der Waals surface area contributed by atoms with Crippen LogP contribution in [-0.4, -0.2) is 10.6 Å². The highest BCUT2D eigenvalue weighted by Gasteiger charge is 2.40. The fraction of sp³-hybridized carbons (Fsp3) is 0.107. The van der Waals surface area contributed by atoms with Crippen molar-refractivity contribution in [3.8, 4) is 50.3 Å². The average molecular weight is 758 g/mol. The zero-order valence-corrected chi connectivity index (χ0v) is 33.2. The van der Waals surface area contributed by atoms with Crippen molar-refractivity contribution in [3.05, 3.63) is 216 Å². The molecular formula is C56H43N3. The quantitative estimate of drug-likeness (QED) is 0.193. The van der Waals surface area contributed by atoms with Gasteiger partial charge in [0.2, 0.25) is 0 Å². The summed E-state index contributed by atoms with van der Waals surface area (Å²) in [5.74, 6) is 0.0982. The van der Waals surface area contributed by atoms with E-state index >= 15 is 0 Å². The van der Waals surface area contributed by atoms with Crippen LogP contribution in [0.5, 0.6) is 0 Å². The van der Waals surface area contributed by atoms with Crippen LogP contribution in [0.25, 0.3) is 67.3 Å². The van der Waals surface area contributed by atoms with Gasteiger partial charge in [0.1, 0.15) is 0 Å². The lowest BCUT2D eigenvalue weighted by Crippen LogP contribution is -2.34. The molecule has 2 atom stereocenters. The molecule has 12 rings (SSSR count). The first-order valence-corrected chi connectivity index (χ1v) is 20.9. The Balaban J connectivity index is 1.06. The molecule has 8 aromatic rings. The van der Waals surface area contributed by atoms with Crippen molar-refractivity contribution >= 4 is 28.4 Å². The Hall–Kier alpha value is -7.10. The minimum Gasteiger partial charge on any atom is -0.387 e. The van der Waals surface area contributed by atoms with Crippen LogP contribution in [0.4, 0.5) is 11.4 Å². The molecule has 1 aromatic heterocycles. The predicted molar refractivity (Wildman–Crippen MR) is 246 cm³/mol. The molecule has 2 unspecified atom stereocenters. The van der Waals surface area contributed by atoms with Gasteiger partial charge in [0, 0.05) is 45.8 Å². The molecule has 2 aliphatic heterocycles. The summed E-state index contributed by atoms with van der Waals surface area (Å²) in [7, 11) is 0. The molecule has 59 heavy (non-hydrogen) atoms. The van der Waals surface area contributed by atoms with E-state index in [0.717, 1.165) is 6.54 Å². The molecule has 7 aromatic carbocycles. The molecule has 0 fully saturated rings. The summed E-state index contributed by atoms with van der Waals surface area (Å²) < 4.78 is 2.56. The van der Waals surface area contributed by atoms with Gasteiger partial charge < -0.3 is 14.8 Å². The fourth-order valence-corrected chi connectivity index (χ4v) is 10.6. The number of anilines is 2. The molecule has 0 bridgehead atoms. The lowest BCUT2D eigenvalue weighted by atomic mass is 9.82.